The predicted octanol–water partition coefficient (Wildman–Crippen LogP) is 1.55. The highest BCUT2D eigenvalue weighted by Gasteiger charge is 2.16. The molecule has 0 aromatic carbocycles. The summed E-state index contributed by atoms with van der Waals surface area (Å²) in [4.78, 5) is 1.12. The Labute approximate surface area is 89.7 Å². The molecule has 78 valence electrons. The normalized spacial score (nSPS) is 10.5. The summed E-state index contributed by atoms with van der Waals surface area (Å²) in [5.41, 5.74) is 0.687. The second-order valence-electron chi connectivity index (χ2n) is 3.48. The van der Waals surface area contributed by atoms with E-state index in [2.05, 4.69) is 6.92 Å². The molecule has 2 nitrogen and oxygen atoms in total. The van der Waals surface area contributed by atoms with Gasteiger partial charge >= 0.3 is 7.12 Å². The molecule has 0 saturated heterocycles. The van der Waals surface area contributed by atoms with Crippen LogP contribution in [0.1, 0.15) is 37.5 Å². The van der Waals surface area contributed by atoms with E-state index >= 15 is 0 Å². The molecule has 4 heteroatoms. The van der Waals surface area contributed by atoms with Gasteiger partial charge in [0.1, 0.15) is 0 Å². The van der Waals surface area contributed by atoms with E-state index in [4.69, 9.17) is 10.0 Å². The Hall–Kier alpha value is -0.315. The van der Waals surface area contributed by atoms with Gasteiger partial charge in [0.05, 0.1) is 0 Å². The predicted molar refractivity (Wildman–Crippen MR) is 62.0 cm³/mol. The molecule has 1 rings (SSSR count). The summed E-state index contributed by atoms with van der Waals surface area (Å²) >= 11 is 1.62. The first kappa shape index (κ1) is 11.8. The molecule has 0 saturated carbocycles. The summed E-state index contributed by atoms with van der Waals surface area (Å²) < 4.78 is 0. The van der Waals surface area contributed by atoms with Crippen molar-refractivity contribution in [3.05, 3.63) is 16.3 Å². The molecule has 0 atom stereocenters. The van der Waals surface area contributed by atoms with Gasteiger partial charge in [-0.1, -0.05) is 32.3 Å². The standard InChI is InChI=1S/C10H17BO2S/c1-2-3-4-5-6-10-9(11(12)13)7-8-14-10/h7-8,12-13H,2-6H2,1H3. The molecule has 2 N–H and O–H groups in total. The smallest absolute Gasteiger partial charge is 0.423 e. The minimum absolute atomic E-state index is 0.687. The number of thiophene rings is 1. The summed E-state index contributed by atoms with van der Waals surface area (Å²) in [6, 6.07) is 1.80. The van der Waals surface area contributed by atoms with E-state index in [1.54, 1.807) is 17.4 Å². The molecule has 0 spiro atoms. The minimum atomic E-state index is -1.30. The lowest BCUT2D eigenvalue weighted by Crippen LogP contribution is -2.30. The Kier molecular flexibility index (Phi) is 5.23. The van der Waals surface area contributed by atoms with Crippen molar-refractivity contribution in [2.45, 2.75) is 39.0 Å². The quantitative estimate of drug-likeness (QED) is 0.554. The molecule has 0 amide bonds. The topological polar surface area (TPSA) is 40.5 Å². The maximum Gasteiger partial charge on any atom is 0.489 e. The molecule has 0 bridgehead atoms. The zero-order valence-corrected chi connectivity index (χ0v) is 9.39. The summed E-state index contributed by atoms with van der Waals surface area (Å²) in [7, 11) is -1.30. The molecule has 1 aromatic heterocycles. The van der Waals surface area contributed by atoms with E-state index in [0.717, 1.165) is 17.7 Å². The Balaban J connectivity index is 2.38. The van der Waals surface area contributed by atoms with Gasteiger partial charge in [0.25, 0.3) is 0 Å². The lowest BCUT2D eigenvalue weighted by atomic mass is 9.80. The van der Waals surface area contributed by atoms with Crippen molar-refractivity contribution in [3.63, 3.8) is 0 Å². The highest BCUT2D eigenvalue weighted by atomic mass is 32.1. The number of aryl methyl sites for hydroxylation is 1. The van der Waals surface area contributed by atoms with E-state index in [1.165, 1.54) is 19.3 Å². The minimum Gasteiger partial charge on any atom is -0.423 e. The maximum atomic E-state index is 9.06. The van der Waals surface area contributed by atoms with E-state index in [9.17, 15) is 0 Å². The van der Waals surface area contributed by atoms with E-state index in [0.29, 0.717) is 5.46 Å². The van der Waals surface area contributed by atoms with Crippen LogP contribution in [0.2, 0.25) is 0 Å². The molecular formula is C10H17BO2S. The molecule has 0 aliphatic heterocycles. The van der Waals surface area contributed by atoms with Crippen molar-refractivity contribution in [2.24, 2.45) is 0 Å². The lowest BCUT2D eigenvalue weighted by Gasteiger charge is -2.02. The maximum absolute atomic E-state index is 9.06. The Morgan fingerprint density at radius 3 is 2.71 bits per heavy atom. The summed E-state index contributed by atoms with van der Waals surface area (Å²) in [6.45, 7) is 2.19. The number of unbranched alkanes of at least 4 members (excludes halogenated alkanes) is 3. The average molecular weight is 212 g/mol. The van der Waals surface area contributed by atoms with Gasteiger partial charge in [-0.3, -0.25) is 0 Å². The van der Waals surface area contributed by atoms with Crippen LogP contribution in [0.3, 0.4) is 0 Å². The fraction of sp³-hybridized carbons (Fsp3) is 0.600. The highest BCUT2D eigenvalue weighted by Crippen LogP contribution is 2.12. The van der Waals surface area contributed by atoms with Crippen LogP contribution in [0, 0.1) is 0 Å². The summed E-state index contributed by atoms with van der Waals surface area (Å²) in [5, 5.41) is 20.0. The largest absolute Gasteiger partial charge is 0.489 e. The van der Waals surface area contributed by atoms with Gasteiger partial charge in [-0.15, -0.1) is 11.3 Å². The molecule has 0 aliphatic carbocycles. The van der Waals surface area contributed by atoms with Crippen molar-refractivity contribution >= 4 is 23.9 Å². The molecule has 0 unspecified atom stereocenters. The van der Waals surface area contributed by atoms with Crippen LogP contribution in [0.25, 0.3) is 0 Å². The molecule has 1 aromatic rings. The third-order valence-electron chi connectivity index (χ3n) is 2.32. The number of rotatable bonds is 6. The average Bonchev–Trinajstić information content (AvgIpc) is 2.60. The van der Waals surface area contributed by atoms with Crippen LogP contribution < -0.4 is 5.46 Å². The SMILES string of the molecule is CCCCCCc1sccc1B(O)O. The zero-order chi connectivity index (χ0) is 10.4. The number of hydrogen-bond donors (Lipinski definition) is 2. The van der Waals surface area contributed by atoms with Crippen LogP contribution in [0.15, 0.2) is 11.4 Å². The zero-order valence-electron chi connectivity index (χ0n) is 8.57. The van der Waals surface area contributed by atoms with Gasteiger partial charge < -0.3 is 10.0 Å². The first-order valence-electron chi connectivity index (χ1n) is 5.18. The second-order valence-corrected chi connectivity index (χ2v) is 4.48. The first-order valence-corrected chi connectivity index (χ1v) is 6.06. The highest BCUT2D eigenvalue weighted by molar-refractivity contribution is 7.11. The lowest BCUT2D eigenvalue weighted by molar-refractivity contribution is 0.425. The van der Waals surface area contributed by atoms with Gasteiger partial charge in [0, 0.05) is 4.88 Å². The van der Waals surface area contributed by atoms with E-state index < -0.39 is 7.12 Å². The second kappa shape index (κ2) is 6.22. The van der Waals surface area contributed by atoms with Crippen molar-refractivity contribution < 1.29 is 10.0 Å². The van der Waals surface area contributed by atoms with Gasteiger partial charge in [-0.05, 0) is 23.7 Å². The number of hydrogen-bond acceptors (Lipinski definition) is 3. The fourth-order valence-electron chi connectivity index (χ4n) is 1.50. The van der Waals surface area contributed by atoms with Crippen molar-refractivity contribution in [1.82, 2.24) is 0 Å². The Morgan fingerprint density at radius 1 is 1.29 bits per heavy atom. The van der Waals surface area contributed by atoms with Crippen LogP contribution in [-0.2, 0) is 6.42 Å². The molecule has 0 fully saturated rings. The van der Waals surface area contributed by atoms with Gasteiger partial charge in [0.2, 0.25) is 0 Å². The van der Waals surface area contributed by atoms with Crippen LogP contribution in [0.5, 0.6) is 0 Å². The van der Waals surface area contributed by atoms with Crippen molar-refractivity contribution in [3.8, 4) is 0 Å². The van der Waals surface area contributed by atoms with Gasteiger partial charge in [0.15, 0.2) is 0 Å². The van der Waals surface area contributed by atoms with Gasteiger partial charge in [-0.2, -0.15) is 0 Å². The molecular weight excluding hydrogens is 195 g/mol. The van der Waals surface area contributed by atoms with Crippen molar-refractivity contribution in [1.29, 1.82) is 0 Å². The summed E-state index contributed by atoms with van der Waals surface area (Å²) in [6.07, 6.45) is 5.86. The monoisotopic (exact) mass is 212 g/mol. The third kappa shape index (κ3) is 3.44. The first-order chi connectivity index (χ1) is 6.75. The molecule has 0 aliphatic rings. The molecule has 0 radical (unpaired) electrons. The Bertz CT molecular complexity index is 260. The third-order valence-corrected chi connectivity index (χ3v) is 3.31. The Morgan fingerprint density at radius 2 is 2.07 bits per heavy atom. The van der Waals surface area contributed by atoms with Crippen molar-refractivity contribution in [2.75, 3.05) is 0 Å². The molecule has 1 heterocycles. The van der Waals surface area contributed by atoms with Gasteiger partial charge in [-0.25, -0.2) is 0 Å². The van der Waals surface area contributed by atoms with Crippen LogP contribution in [-0.4, -0.2) is 17.2 Å². The van der Waals surface area contributed by atoms with E-state index in [1.807, 2.05) is 5.38 Å². The van der Waals surface area contributed by atoms with Crippen LogP contribution >= 0.6 is 11.3 Å². The van der Waals surface area contributed by atoms with E-state index in [-0.39, 0.29) is 0 Å². The molecule has 14 heavy (non-hydrogen) atoms. The van der Waals surface area contributed by atoms with Crippen LogP contribution in [0.4, 0.5) is 0 Å². The summed E-state index contributed by atoms with van der Waals surface area (Å²) in [5.74, 6) is 0. The fourth-order valence-corrected chi connectivity index (χ4v) is 2.45.